The van der Waals surface area contributed by atoms with E-state index in [-0.39, 0.29) is 6.04 Å². The minimum absolute atomic E-state index is 0.229. The summed E-state index contributed by atoms with van der Waals surface area (Å²) in [6, 6.07) is 0.307. The number of hydrogen-bond donors (Lipinski definition) is 1. The van der Waals surface area contributed by atoms with E-state index in [2.05, 4.69) is 4.90 Å². The van der Waals surface area contributed by atoms with Gasteiger partial charge >= 0.3 is 5.97 Å². The van der Waals surface area contributed by atoms with Gasteiger partial charge in [0.05, 0.1) is 6.10 Å². The minimum Gasteiger partial charge on any atom is -0.480 e. The Morgan fingerprint density at radius 2 is 2.05 bits per heavy atom. The maximum absolute atomic E-state index is 11.5. The number of aliphatic carboxylic acids is 1. The van der Waals surface area contributed by atoms with Gasteiger partial charge in [0, 0.05) is 12.6 Å². The molecule has 20 heavy (non-hydrogen) atoms. The smallest absolute Gasteiger partial charge is 0.320 e. The number of nitrogens with zero attached hydrogens (tertiary/aromatic N) is 1. The number of carboxylic acids is 1. The average molecular weight is 281 g/mol. The molecule has 4 nitrogen and oxygen atoms in total. The number of rotatable bonds is 5. The van der Waals surface area contributed by atoms with Crippen LogP contribution in [0.2, 0.25) is 0 Å². The van der Waals surface area contributed by atoms with E-state index >= 15 is 0 Å². The first-order valence-corrected chi connectivity index (χ1v) is 8.36. The second-order valence-electron chi connectivity index (χ2n) is 6.72. The van der Waals surface area contributed by atoms with Crippen LogP contribution in [-0.2, 0) is 9.53 Å². The van der Waals surface area contributed by atoms with E-state index in [1.54, 1.807) is 0 Å². The van der Waals surface area contributed by atoms with Gasteiger partial charge < -0.3 is 9.84 Å². The largest absolute Gasteiger partial charge is 0.480 e. The Labute approximate surface area is 121 Å². The molecule has 0 amide bonds. The molecular weight excluding hydrogens is 254 g/mol. The summed E-state index contributed by atoms with van der Waals surface area (Å²) >= 11 is 0. The van der Waals surface area contributed by atoms with Crippen LogP contribution in [0.3, 0.4) is 0 Å². The third kappa shape index (κ3) is 3.01. The van der Waals surface area contributed by atoms with Crippen molar-refractivity contribution in [1.29, 1.82) is 0 Å². The highest BCUT2D eigenvalue weighted by Crippen LogP contribution is 2.39. The molecular formula is C16H27NO3. The summed E-state index contributed by atoms with van der Waals surface area (Å²) in [5.41, 5.74) is 0. The van der Waals surface area contributed by atoms with Gasteiger partial charge in [0.25, 0.3) is 0 Å². The van der Waals surface area contributed by atoms with Gasteiger partial charge in [0.1, 0.15) is 6.04 Å². The molecule has 2 saturated heterocycles. The average Bonchev–Trinajstić information content (AvgIpc) is 3.07. The summed E-state index contributed by atoms with van der Waals surface area (Å²) in [6.07, 6.45) is 10.9. The molecule has 1 N–H and O–H groups in total. The van der Waals surface area contributed by atoms with E-state index in [1.807, 2.05) is 0 Å². The molecule has 0 aromatic rings. The van der Waals surface area contributed by atoms with Crippen LogP contribution in [0.25, 0.3) is 0 Å². The van der Waals surface area contributed by atoms with Crippen molar-refractivity contribution in [3.05, 3.63) is 0 Å². The highest BCUT2D eigenvalue weighted by molar-refractivity contribution is 5.74. The van der Waals surface area contributed by atoms with E-state index in [0.29, 0.717) is 18.1 Å². The Morgan fingerprint density at radius 1 is 1.20 bits per heavy atom. The molecule has 3 fully saturated rings. The Hall–Kier alpha value is -0.610. The van der Waals surface area contributed by atoms with Crippen molar-refractivity contribution < 1.29 is 14.6 Å². The number of carbonyl (C=O) groups is 1. The Kier molecular flexibility index (Phi) is 4.61. The number of carboxylic acid groups (broad SMARTS) is 1. The van der Waals surface area contributed by atoms with Gasteiger partial charge in [-0.3, -0.25) is 9.69 Å². The maximum Gasteiger partial charge on any atom is 0.320 e. The zero-order chi connectivity index (χ0) is 13.9. The predicted molar refractivity (Wildman–Crippen MR) is 76.7 cm³/mol. The van der Waals surface area contributed by atoms with Crippen molar-refractivity contribution >= 4 is 5.97 Å². The molecule has 1 aliphatic carbocycles. The van der Waals surface area contributed by atoms with E-state index in [0.717, 1.165) is 32.4 Å². The third-order valence-corrected chi connectivity index (χ3v) is 5.47. The van der Waals surface area contributed by atoms with Crippen LogP contribution in [-0.4, -0.2) is 47.3 Å². The van der Waals surface area contributed by atoms with E-state index in [4.69, 9.17) is 4.74 Å². The summed E-state index contributed by atoms with van der Waals surface area (Å²) < 4.78 is 5.66. The van der Waals surface area contributed by atoms with E-state index in [1.165, 1.54) is 38.5 Å². The molecule has 114 valence electrons. The van der Waals surface area contributed by atoms with Gasteiger partial charge in [0.2, 0.25) is 0 Å². The number of fused-ring (bicyclic) bond motifs is 1. The first-order chi connectivity index (χ1) is 9.75. The quantitative estimate of drug-likeness (QED) is 0.841. The summed E-state index contributed by atoms with van der Waals surface area (Å²) in [4.78, 5) is 13.8. The second kappa shape index (κ2) is 6.44. The van der Waals surface area contributed by atoms with Crippen molar-refractivity contribution in [3.63, 3.8) is 0 Å². The fourth-order valence-corrected chi connectivity index (χ4v) is 4.49. The number of ether oxygens (including phenoxy) is 1. The fourth-order valence-electron chi connectivity index (χ4n) is 4.49. The zero-order valence-electron chi connectivity index (χ0n) is 12.3. The number of hydrogen-bond acceptors (Lipinski definition) is 3. The molecule has 1 saturated carbocycles. The van der Waals surface area contributed by atoms with Crippen LogP contribution < -0.4 is 0 Å². The second-order valence-corrected chi connectivity index (χ2v) is 6.72. The van der Waals surface area contributed by atoms with Crippen LogP contribution >= 0.6 is 0 Å². The van der Waals surface area contributed by atoms with Gasteiger partial charge in [-0.2, -0.15) is 0 Å². The lowest BCUT2D eigenvalue weighted by Gasteiger charge is -2.33. The van der Waals surface area contributed by atoms with Gasteiger partial charge in [-0.25, -0.2) is 0 Å². The molecule has 0 radical (unpaired) electrons. The summed E-state index contributed by atoms with van der Waals surface area (Å²) in [6.45, 7) is 1.86. The molecule has 3 aliphatic rings. The SMILES string of the molecule is O=C(O)C1CC2CCCCC2N1CCCC1CCCO1. The van der Waals surface area contributed by atoms with Crippen LogP contribution in [0.15, 0.2) is 0 Å². The molecule has 0 aromatic heterocycles. The topological polar surface area (TPSA) is 49.8 Å². The summed E-state index contributed by atoms with van der Waals surface area (Å²) in [5, 5.41) is 9.48. The summed E-state index contributed by atoms with van der Waals surface area (Å²) in [7, 11) is 0. The van der Waals surface area contributed by atoms with Crippen molar-refractivity contribution in [2.24, 2.45) is 5.92 Å². The third-order valence-electron chi connectivity index (χ3n) is 5.47. The van der Waals surface area contributed by atoms with Gasteiger partial charge in [-0.05, 0) is 57.4 Å². The maximum atomic E-state index is 11.5. The minimum atomic E-state index is -0.614. The lowest BCUT2D eigenvalue weighted by atomic mass is 9.84. The normalized spacial score (nSPS) is 38.0. The first-order valence-electron chi connectivity index (χ1n) is 8.36. The van der Waals surface area contributed by atoms with Crippen LogP contribution in [0.5, 0.6) is 0 Å². The van der Waals surface area contributed by atoms with Crippen molar-refractivity contribution in [1.82, 2.24) is 4.90 Å². The fraction of sp³-hybridized carbons (Fsp3) is 0.938. The standard InChI is InChI=1S/C16H27NO3/c18-16(19)15-11-12-5-1-2-8-14(12)17(15)9-3-6-13-7-4-10-20-13/h12-15H,1-11H2,(H,18,19). The van der Waals surface area contributed by atoms with Crippen molar-refractivity contribution in [2.75, 3.05) is 13.2 Å². The summed E-state index contributed by atoms with van der Waals surface area (Å²) in [5.74, 6) is 0.0177. The van der Waals surface area contributed by atoms with Gasteiger partial charge in [-0.1, -0.05) is 12.8 Å². The molecule has 0 bridgehead atoms. The highest BCUT2D eigenvalue weighted by atomic mass is 16.5. The number of likely N-dealkylation sites (tertiary alicyclic amines) is 1. The molecule has 0 spiro atoms. The Morgan fingerprint density at radius 3 is 2.80 bits per heavy atom. The monoisotopic (exact) mass is 281 g/mol. The molecule has 3 rings (SSSR count). The van der Waals surface area contributed by atoms with Crippen LogP contribution in [0.1, 0.15) is 57.8 Å². The molecule has 0 aromatic carbocycles. The van der Waals surface area contributed by atoms with Gasteiger partial charge in [-0.15, -0.1) is 0 Å². The lowest BCUT2D eigenvalue weighted by Crippen LogP contribution is -2.42. The molecule has 4 atom stereocenters. The Bertz CT molecular complexity index is 341. The highest BCUT2D eigenvalue weighted by Gasteiger charge is 2.44. The van der Waals surface area contributed by atoms with Crippen LogP contribution in [0.4, 0.5) is 0 Å². The predicted octanol–water partition coefficient (Wildman–Crippen LogP) is 2.66. The lowest BCUT2D eigenvalue weighted by molar-refractivity contribution is -0.142. The van der Waals surface area contributed by atoms with E-state index < -0.39 is 5.97 Å². The Balaban J connectivity index is 1.54. The first kappa shape index (κ1) is 14.3. The molecule has 4 heteroatoms. The van der Waals surface area contributed by atoms with Crippen molar-refractivity contribution in [2.45, 2.75) is 76.0 Å². The zero-order valence-corrected chi connectivity index (χ0v) is 12.3. The molecule has 2 heterocycles. The molecule has 4 unspecified atom stereocenters. The van der Waals surface area contributed by atoms with E-state index in [9.17, 15) is 9.90 Å². The van der Waals surface area contributed by atoms with Crippen molar-refractivity contribution in [3.8, 4) is 0 Å². The van der Waals surface area contributed by atoms with Gasteiger partial charge in [0.15, 0.2) is 0 Å². The van der Waals surface area contributed by atoms with Crippen LogP contribution in [0, 0.1) is 5.92 Å². The molecule has 2 aliphatic heterocycles.